The molecule has 1 aliphatic carbocycles. The van der Waals surface area contributed by atoms with Gasteiger partial charge in [-0.25, -0.2) is 0 Å². The highest BCUT2D eigenvalue weighted by atomic mass is 14.9. The van der Waals surface area contributed by atoms with Crippen molar-refractivity contribution in [2.24, 2.45) is 17.8 Å². The van der Waals surface area contributed by atoms with Crippen molar-refractivity contribution >= 4 is 0 Å². The molecule has 0 saturated heterocycles. The highest BCUT2D eigenvalue weighted by Gasteiger charge is 2.23. The molecule has 0 aromatic heterocycles. The second kappa shape index (κ2) is 7.27. The van der Waals surface area contributed by atoms with Gasteiger partial charge in [-0.3, -0.25) is 0 Å². The molecule has 0 radical (unpaired) electrons. The van der Waals surface area contributed by atoms with Crippen LogP contribution in [-0.2, 0) is 0 Å². The number of hydrogen-bond acceptors (Lipinski definition) is 1. The van der Waals surface area contributed by atoms with E-state index in [9.17, 15) is 0 Å². The fourth-order valence-electron chi connectivity index (χ4n) is 2.86. The van der Waals surface area contributed by atoms with Crippen molar-refractivity contribution in [3.8, 4) is 0 Å². The largest absolute Gasteiger partial charge is 0.316 e. The Morgan fingerprint density at radius 3 is 2.33 bits per heavy atom. The zero-order valence-electron chi connectivity index (χ0n) is 10.9. The van der Waals surface area contributed by atoms with Gasteiger partial charge < -0.3 is 5.32 Å². The molecule has 1 saturated carbocycles. The summed E-state index contributed by atoms with van der Waals surface area (Å²) in [7, 11) is 0. The van der Waals surface area contributed by atoms with Crippen LogP contribution in [0.15, 0.2) is 0 Å². The smallest absolute Gasteiger partial charge is 0.00178 e. The van der Waals surface area contributed by atoms with Crippen LogP contribution in [0, 0.1) is 17.8 Å². The van der Waals surface area contributed by atoms with Crippen molar-refractivity contribution in [2.75, 3.05) is 13.1 Å². The number of nitrogens with one attached hydrogen (secondary N) is 1. The Bertz CT molecular complexity index is 147. The van der Waals surface area contributed by atoms with E-state index in [2.05, 4.69) is 26.1 Å². The van der Waals surface area contributed by atoms with Crippen molar-refractivity contribution < 1.29 is 0 Å². The molecular formula is C14H29N. The molecule has 1 unspecified atom stereocenters. The van der Waals surface area contributed by atoms with Crippen LogP contribution in [0.1, 0.15) is 59.3 Å². The summed E-state index contributed by atoms with van der Waals surface area (Å²) in [5.74, 6) is 2.77. The third kappa shape index (κ3) is 5.01. The maximum absolute atomic E-state index is 3.65. The average Bonchev–Trinajstić information content (AvgIpc) is 2.68. The molecule has 1 nitrogen and oxygen atoms in total. The zero-order chi connectivity index (χ0) is 11.1. The van der Waals surface area contributed by atoms with Gasteiger partial charge in [-0.05, 0) is 37.3 Å². The van der Waals surface area contributed by atoms with E-state index in [-0.39, 0.29) is 0 Å². The lowest BCUT2D eigenvalue weighted by Crippen LogP contribution is -2.29. The van der Waals surface area contributed by atoms with Crippen molar-refractivity contribution in [2.45, 2.75) is 59.3 Å². The van der Waals surface area contributed by atoms with Crippen molar-refractivity contribution in [1.82, 2.24) is 5.32 Å². The first-order valence-corrected chi connectivity index (χ1v) is 6.94. The second-order valence-electron chi connectivity index (χ2n) is 5.65. The minimum atomic E-state index is 0.788. The van der Waals surface area contributed by atoms with Gasteiger partial charge in [-0.2, -0.15) is 0 Å². The third-order valence-electron chi connectivity index (χ3n) is 3.69. The van der Waals surface area contributed by atoms with Gasteiger partial charge in [0.1, 0.15) is 0 Å². The zero-order valence-corrected chi connectivity index (χ0v) is 10.9. The maximum Gasteiger partial charge on any atom is -0.00178 e. The van der Waals surface area contributed by atoms with Gasteiger partial charge in [-0.1, -0.05) is 52.9 Å². The van der Waals surface area contributed by atoms with E-state index < -0.39 is 0 Å². The molecule has 1 heteroatoms. The lowest BCUT2D eigenvalue weighted by atomic mass is 9.87. The third-order valence-corrected chi connectivity index (χ3v) is 3.69. The summed E-state index contributed by atoms with van der Waals surface area (Å²) in [6.07, 6.45) is 8.73. The van der Waals surface area contributed by atoms with E-state index >= 15 is 0 Å². The predicted octanol–water partition coefficient (Wildman–Crippen LogP) is 3.84. The summed E-state index contributed by atoms with van der Waals surface area (Å²) >= 11 is 0. The minimum absolute atomic E-state index is 0.788. The van der Waals surface area contributed by atoms with Crippen molar-refractivity contribution in [3.63, 3.8) is 0 Å². The Morgan fingerprint density at radius 1 is 1.13 bits per heavy atom. The molecule has 0 spiro atoms. The maximum atomic E-state index is 3.65. The van der Waals surface area contributed by atoms with Crippen LogP contribution in [0.4, 0.5) is 0 Å². The van der Waals surface area contributed by atoms with Crippen molar-refractivity contribution in [3.05, 3.63) is 0 Å². The predicted molar refractivity (Wildman–Crippen MR) is 68.1 cm³/mol. The Balaban J connectivity index is 2.23. The van der Waals surface area contributed by atoms with Crippen LogP contribution in [0.2, 0.25) is 0 Å². The van der Waals surface area contributed by atoms with E-state index in [1.807, 2.05) is 0 Å². The average molecular weight is 211 g/mol. The molecule has 90 valence electrons. The lowest BCUT2D eigenvalue weighted by molar-refractivity contribution is 0.298. The monoisotopic (exact) mass is 211 g/mol. The molecule has 1 aliphatic rings. The molecule has 0 aromatic rings. The number of hydrogen-bond donors (Lipinski definition) is 1. The Kier molecular flexibility index (Phi) is 6.31. The molecule has 0 bridgehead atoms. The SMILES string of the molecule is CCCC(CNCC(C)C)C1CCCC1. The van der Waals surface area contributed by atoms with Gasteiger partial charge in [0, 0.05) is 0 Å². The molecular weight excluding hydrogens is 182 g/mol. The summed E-state index contributed by atoms with van der Waals surface area (Å²) in [4.78, 5) is 0. The molecule has 0 amide bonds. The first kappa shape index (κ1) is 13.0. The van der Waals surface area contributed by atoms with Gasteiger partial charge in [-0.15, -0.1) is 0 Å². The molecule has 1 rings (SSSR count). The van der Waals surface area contributed by atoms with Gasteiger partial charge in [0.15, 0.2) is 0 Å². The van der Waals surface area contributed by atoms with Crippen LogP contribution >= 0.6 is 0 Å². The summed E-state index contributed by atoms with van der Waals surface area (Å²) < 4.78 is 0. The summed E-state index contributed by atoms with van der Waals surface area (Å²) in [5, 5.41) is 3.65. The van der Waals surface area contributed by atoms with E-state index in [4.69, 9.17) is 0 Å². The minimum Gasteiger partial charge on any atom is -0.316 e. The van der Waals surface area contributed by atoms with E-state index in [1.54, 1.807) is 0 Å². The Hall–Kier alpha value is -0.0400. The molecule has 15 heavy (non-hydrogen) atoms. The summed E-state index contributed by atoms with van der Waals surface area (Å²) in [6.45, 7) is 9.35. The lowest BCUT2D eigenvalue weighted by Gasteiger charge is -2.24. The quantitative estimate of drug-likeness (QED) is 0.674. The molecule has 1 fully saturated rings. The first-order valence-electron chi connectivity index (χ1n) is 6.94. The van der Waals surface area contributed by atoms with E-state index in [0.717, 1.165) is 17.8 Å². The standard InChI is InChI=1S/C14H29N/c1-4-7-14(11-15-10-12(2)3)13-8-5-6-9-13/h12-15H,4-11H2,1-3H3. The van der Waals surface area contributed by atoms with Gasteiger partial charge >= 0.3 is 0 Å². The molecule has 0 aromatic carbocycles. The summed E-state index contributed by atoms with van der Waals surface area (Å²) in [5.41, 5.74) is 0. The highest BCUT2D eigenvalue weighted by molar-refractivity contribution is 4.77. The fourth-order valence-corrected chi connectivity index (χ4v) is 2.86. The normalized spacial score (nSPS) is 20.0. The summed E-state index contributed by atoms with van der Waals surface area (Å²) in [6, 6.07) is 0. The first-order chi connectivity index (χ1) is 7.24. The van der Waals surface area contributed by atoms with Crippen LogP contribution in [0.25, 0.3) is 0 Å². The van der Waals surface area contributed by atoms with E-state index in [1.165, 1.54) is 51.6 Å². The van der Waals surface area contributed by atoms with Gasteiger partial charge in [0.2, 0.25) is 0 Å². The molecule has 1 N–H and O–H groups in total. The van der Waals surface area contributed by atoms with Gasteiger partial charge in [0.05, 0.1) is 0 Å². The topological polar surface area (TPSA) is 12.0 Å². The second-order valence-corrected chi connectivity index (χ2v) is 5.65. The molecule has 1 atom stereocenters. The number of rotatable bonds is 7. The van der Waals surface area contributed by atoms with Crippen LogP contribution < -0.4 is 5.32 Å². The molecule has 0 aliphatic heterocycles. The fraction of sp³-hybridized carbons (Fsp3) is 1.00. The van der Waals surface area contributed by atoms with Crippen molar-refractivity contribution in [1.29, 1.82) is 0 Å². The van der Waals surface area contributed by atoms with Gasteiger partial charge in [0.25, 0.3) is 0 Å². The Morgan fingerprint density at radius 2 is 1.80 bits per heavy atom. The Labute approximate surface area is 96.0 Å². The highest BCUT2D eigenvalue weighted by Crippen LogP contribution is 2.33. The van der Waals surface area contributed by atoms with Crippen LogP contribution in [-0.4, -0.2) is 13.1 Å². The van der Waals surface area contributed by atoms with Crippen LogP contribution in [0.3, 0.4) is 0 Å². The molecule has 0 heterocycles. The van der Waals surface area contributed by atoms with E-state index in [0.29, 0.717) is 0 Å². The van der Waals surface area contributed by atoms with Crippen LogP contribution in [0.5, 0.6) is 0 Å².